The fourth-order valence-electron chi connectivity index (χ4n) is 2.49. The van der Waals surface area contributed by atoms with Crippen LogP contribution in [0.25, 0.3) is 0 Å². The van der Waals surface area contributed by atoms with Crippen molar-refractivity contribution in [3.05, 3.63) is 41.7 Å². The number of rotatable bonds is 3. The Morgan fingerprint density at radius 2 is 2.20 bits per heavy atom. The van der Waals surface area contributed by atoms with Crippen molar-refractivity contribution in [1.29, 1.82) is 5.26 Å². The molecular weight excluding hydrogens is 250 g/mol. The maximum Gasteiger partial charge on any atom is 0.138 e. The Kier molecular flexibility index (Phi) is 3.21. The normalized spacial score (nSPS) is 12.9. The van der Waals surface area contributed by atoms with Crippen molar-refractivity contribution in [2.75, 3.05) is 23.3 Å². The first-order valence-electron chi connectivity index (χ1n) is 6.60. The van der Waals surface area contributed by atoms with Crippen molar-refractivity contribution in [2.24, 2.45) is 0 Å². The van der Waals surface area contributed by atoms with E-state index in [-0.39, 0.29) is 6.54 Å². The molecule has 0 saturated carbocycles. The molecule has 0 radical (unpaired) electrons. The van der Waals surface area contributed by atoms with Crippen molar-refractivity contribution in [1.82, 2.24) is 9.97 Å². The summed E-state index contributed by atoms with van der Waals surface area (Å²) in [6.07, 6.45) is 1.03. The Balaban J connectivity index is 1.95. The lowest BCUT2D eigenvalue weighted by molar-refractivity contribution is 0.944. The van der Waals surface area contributed by atoms with Crippen LogP contribution in [0, 0.1) is 18.3 Å². The number of aromatic nitrogens is 2. The Labute approximate surface area is 117 Å². The van der Waals surface area contributed by atoms with Gasteiger partial charge in [0.25, 0.3) is 0 Å². The molecule has 2 heterocycles. The van der Waals surface area contributed by atoms with E-state index in [4.69, 9.17) is 5.26 Å². The highest BCUT2D eigenvalue weighted by molar-refractivity contribution is 5.68. The minimum absolute atomic E-state index is 0.243. The molecule has 20 heavy (non-hydrogen) atoms. The van der Waals surface area contributed by atoms with Gasteiger partial charge in [0.05, 0.1) is 6.07 Å². The zero-order valence-corrected chi connectivity index (χ0v) is 11.3. The van der Waals surface area contributed by atoms with Gasteiger partial charge < -0.3 is 10.2 Å². The largest absolute Gasteiger partial charge is 0.357 e. The average Bonchev–Trinajstić information content (AvgIpc) is 2.88. The number of hydrogen-bond donors (Lipinski definition) is 1. The standard InChI is InChI=1S/C15H15N5/c1-11-18-14(17-8-7-16)10-15(19-11)20-9-6-12-4-2-3-5-13(12)20/h2-5,10H,6,8-9H2,1H3,(H,17,18,19). The molecule has 5 nitrogen and oxygen atoms in total. The third-order valence-corrected chi connectivity index (χ3v) is 3.34. The second-order valence-corrected chi connectivity index (χ2v) is 4.70. The van der Waals surface area contributed by atoms with Crippen LogP contribution in [0.5, 0.6) is 0 Å². The van der Waals surface area contributed by atoms with Crippen LogP contribution in [-0.4, -0.2) is 23.1 Å². The molecule has 0 fully saturated rings. The number of aryl methyl sites for hydroxylation is 1. The van der Waals surface area contributed by atoms with Gasteiger partial charge in [0.1, 0.15) is 24.0 Å². The van der Waals surface area contributed by atoms with Gasteiger partial charge in [-0.15, -0.1) is 0 Å². The molecule has 0 bridgehead atoms. The number of anilines is 3. The van der Waals surface area contributed by atoms with Crippen molar-refractivity contribution < 1.29 is 0 Å². The molecule has 1 aromatic carbocycles. The van der Waals surface area contributed by atoms with E-state index in [0.29, 0.717) is 11.6 Å². The highest BCUT2D eigenvalue weighted by Crippen LogP contribution is 2.33. The molecule has 0 unspecified atom stereocenters. The van der Waals surface area contributed by atoms with Gasteiger partial charge in [-0.25, -0.2) is 9.97 Å². The SMILES string of the molecule is Cc1nc(NCC#N)cc(N2CCc3ccccc32)n1. The Morgan fingerprint density at radius 3 is 3.05 bits per heavy atom. The number of nitrogens with zero attached hydrogens (tertiary/aromatic N) is 4. The third-order valence-electron chi connectivity index (χ3n) is 3.34. The van der Waals surface area contributed by atoms with Crippen LogP contribution in [0.15, 0.2) is 30.3 Å². The minimum Gasteiger partial charge on any atom is -0.357 e. The molecule has 5 heteroatoms. The summed E-state index contributed by atoms with van der Waals surface area (Å²) < 4.78 is 0. The number of fused-ring (bicyclic) bond motifs is 1. The van der Waals surface area contributed by atoms with Gasteiger partial charge >= 0.3 is 0 Å². The summed E-state index contributed by atoms with van der Waals surface area (Å²) in [5.41, 5.74) is 2.55. The molecule has 0 amide bonds. The topological polar surface area (TPSA) is 64.8 Å². The summed E-state index contributed by atoms with van der Waals surface area (Å²) in [6, 6.07) is 12.3. The molecule has 2 aromatic rings. The van der Waals surface area contributed by atoms with Gasteiger partial charge in [-0.1, -0.05) is 18.2 Å². The summed E-state index contributed by atoms with van der Waals surface area (Å²) in [4.78, 5) is 11.0. The predicted octanol–water partition coefficient (Wildman–Crippen LogP) is 2.41. The number of nitrogens with one attached hydrogen (secondary N) is 1. The zero-order chi connectivity index (χ0) is 13.9. The van der Waals surface area contributed by atoms with E-state index < -0.39 is 0 Å². The molecule has 0 spiro atoms. The second-order valence-electron chi connectivity index (χ2n) is 4.70. The summed E-state index contributed by atoms with van der Waals surface area (Å²) in [6.45, 7) is 3.03. The van der Waals surface area contributed by atoms with E-state index in [1.807, 2.05) is 19.1 Å². The Hall–Kier alpha value is -2.61. The lowest BCUT2D eigenvalue weighted by atomic mass is 10.2. The van der Waals surface area contributed by atoms with Crippen LogP contribution in [-0.2, 0) is 6.42 Å². The van der Waals surface area contributed by atoms with E-state index in [1.54, 1.807) is 0 Å². The maximum atomic E-state index is 8.64. The lowest BCUT2D eigenvalue weighted by Crippen LogP contribution is -2.16. The summed E-state index contributed by atoms with van der Waals surface area (Å²) >= 11 is 0. The fourth-order valence-corrected chi connectivity index (χ4v) is 2.49. The first-order valence-corrected chi connectivity index (χ1v) is 6.60. The first-order chi connectivity index (χ1) is 9.78. The molecule has 0 saturated heterocycles. The first kappa shape index (κ1) is 12.4. The zero-order valence-electron chi connectivity index (χ0n) is 11.3. The number of para-hydroxylation sites is 1. The second kappa shape index (κ2) is 5.17. The molecule has 3 rings (SSSR count). The monoisotopic (exact) mass is 265 g/mol. The number of benzene rings is 1. The number of nitriles is 1. The molecule has 100 valence electrons. The van der Waals surface area contributed by atoms with Crippen LogP contribution >= 0.6 is 0 Å². The van der Waals surface area contributed by atoms with Gasteiger partial charge in [-0.3, -0.25) is 0 Å². The van der Waals surface area contributed by atoms with E-state index in [1.165, 1.54) is 11.3 Å². The quantitative estimate of drug-likeness (QED) is 0.863. The molecule has 0 atom stereocenters. The average molecular weight is 265 g/mol. The van der Waals surface area contributed by atoms with E-state index in [0.717, 1.165) is 18.8 Å². The van der Waals surface area contributed by atoms with E-state index >= 15 is 0 Å². The minimum atomic E-state index is 0.243. The van der Waals surface area contributed by atoms with Crippen molar-refractivity contribution in [3.63, 3.8) is 0 Å². The van der Waals surface area contributed by atoms with Crippen LogP contribution in [0.1, 0.15) is 11.4 Å². The predicted molar refractivity (Wildman–Crippen MR) is 78.0 cm³/mol. The Bertz CT molecular complexity index is 674. The molecular formula is C15H15N5. The fraction of sp³-hybridized carbons (Fsp3) is 0.267. The molecule has 1 aliphatic rings. The summed E-state index contributed by atoms with van der Waals surface area (Å²) in [7, 11) is 0. The van der Waals surface area contributed by atoms with Crippen molar-refractivity contribution in [2.45, 2.75) is 13.3 Å². The van der Waals surface area contributed by atoms with Gasteiger partial charge in [0.2, 0.25) is 0 Å². The van der Waals surface area contributed by atoms with Crippen LogP contribution < -0.4 is 10.2 Å². The van der Waals surface area contributed by atoms with E-state index in [2.05, 4.69) is 44.5 Å². The highest BCUT2D eigenvalue weighted by Gasteiger charge is 2.21. The van der Waals surface area contributed by atoms with Crippen molar-refractivity contribution >= 4 is 17.3 Å². The van der Waals surface area contributed by atoms with Crippen LogP contribution in [0.3, 0.4) is 0 Å². The number of hydrogen-bond acceptors (Lipinski definition) is 5. The molecule has 1 N–H and O–H groups in total. The van der Waals surface area contributed by atoms with Crippen molar-refractivity contribution in [3.8, 4) is 6.07 Å². The van der Waals surface area contributed by atoms with Crippen LogP contribution in [0.4, 0.5) is 17.3 Å². The molecule has 1 aromatic heterocycles. The Morgan fingerprint density at radius 1 is 1.35 bits per heavy atom. The van der Waals surface area contributed by atoms with Gasteiger partial charge in [-0.05, 0) is 25.0 Å². The summed E-state index contributed by atoms with van der Waals surface area (Å²) in [5, 5.41) is 11.6. The smallest absolute Gasteiger partial charge is 0.138 e. The highest BCUT2D eigenvalue weighted by atomic mass is 15.2. The van der Waals surface area contributed by atoms with E-state index in [9.17, 15) is 0 Å². The van der Waals surface area contributed by atoms with Gasteiger partial charge in [-0.2, -0.15) is 5.26 Å². The van der Waals surface area contributed by atoms with Gasteiger partial charge in [0, 0.05) is 18.3 Å². The van der Waals surface area contributed by atoms with Gasteiger partial charge in [0.15, 0.2) is 0 Å². The van der Waals surface area contributed by atoms with Crippen LogP contribution in [0.2, 0.25) is 0 Å². The summed E-state index contributed by atoms with van der Waals surface area (Å²) in [5.74, 6) is 2.27. The molecule has 0 aliphatic carbocycles. The lowest BCUT2D eigenvalue weighted by Gasteiger charge is -2.19. The molecule has 1 aliphatic heterocycles. The maximum absolute atomic E-state index is 8.64. The third kappa shape index (κ3) is 2.28.